The van der Waals surface area contributed by atoms with Crippen LogP contribution in [0, 0.1) is 0 Å². The number of methoxy groups -OCH3 is 1. The molecule has 0 spiro atoms. The number of nitrogens with zero attached hydrogens (tertiary/aromatic N) is 5. The highest BCUT2D eigenvalue weighted by Crippen LogP contribution is 2.26. The van der Waals surface area contributed by atoms with Gasteiger partial charge < -0.3 is 9.64 Å². The second kappa shape index (κ2) is 6.22. The van der Waals surface area contributed by atoms with E-state index in [-0.39, 0.29) is 5.28 Å². The summed E-state index contributed by atoms with van der Waals surface area (Å²) in [6.07, 6.45) is 5.21. The Labute approximate surface area is 128 Å². The Morgan fingerprint density at radius 1 is 1.14 bits per heavy atom. The average molecular weight is 306 g/mol. The van der Waals surface area contributed by atoms with Crippen molar-refractivity contribution in [2.45, 2.75) is 19.3 Å². The summed E-state index contributed by atoms with van der Waals surface area (Å²) in [5.74, 6) is 1.66. The fourth-order valence-corrected chi connectivity index (χ4v) is 2.56. The van der Waals surface area contributed by atoms with Gasteiger partial charge in [0.2, 0.25) is 11.2 Å². The van der Waals surface area contributed by atoms with Crippen molar-refractivity contribution in [1.82, 2.24) is 19.9 Å². The van der Waals surface area contributed by atoms with Crippen molar-refractivity contribution in [1.29, 1.82) is 0 Å². The summed E-state index contributed by atoms with van der Waals surface area (Å²) in [6.45, 7) is 1.89. The lowest BCUT2D eigenvalue weighted by atomic mass is 10.1. The summed E-state index contributed by atoms with van der Waals surface area (Å²) in [7, 11) is 1.59. The zero-order chi connectivity index (χ0) is 14.7. The summed E-state index contributed by atoms with van der Waals surface area (Å²) >= 11 is 6.06. The van der Waals surface area contributed by atoms with E-state index >= 15 is 0 Å². The number of pyridine rings is 1. The van der Waals surface area contributed by atoms with Crippen LogP contribution in [0.4, 0.5) is 5.95 Å². The minimum Gasteiger partial charge on any atom is -0.494 e. The molecule has 0 radical (unpaired) electrons. The van der Waals surface area contributed by atoms with E-state index in [1.54, 1.807) is 19.4 Å². The summed E-state index contributed by atoms with van der Waals surface area (Å²) in [5, 5.41) is 0.174. The molecule has 3 rings (SSSR count). The number of aromatic nitrogens is 4. The van der Waals surface area contributed by atoms with Gasteiger partial charge in [0.25, 0.3) is 0 Å². The van der Waals surface area contributed by atoms with Crippen LogP contribution in [-0.4, -0.2) is 40.1 Å². The van der Waals surface area contributed by atoms with E-state index in [0.29, 0.717) is 23.2 Å². The van der Waals surface area contributed by atoms with Crippen molar-refractivity contribution in [3.8, 4) is 17.3 Å². The maximum absolute atomic E-state index is 6.06. The molecule has 7 heteroatoms. The molecule has 1 aliphatic heterocycles. The number of hydrogen-bond acceptors (Lipinski definition) is 6. The first-order valence-corrected chi connectivity index (χ1v) is 7.31. The van der Waals surface area contributed by atoms with Crippen molar-refractivity contribution in [3.05, 3.63) is 23.6 Å². The molecule has 2 aromatic rings. The molecule has 0 saturated carbocycles. The van der Waals surface area contributed by atoms with Crippen LogP contribution in [0.3, 0.4) is 0 Å². The van der Waals surface area contributed by atoms with E-state index in [1.807, 2.05) is 6.07 Å². The van der Waals surface area contributed by atoms with Gasteiger partial charge in [-0.3, -0.25) is 0 Å². The van der Waals surface area contributed by atoms with E-state index in [9.17, 15) is 0 Å². The number of hydrogen-bond donors (Lipinski definition) is 0. The van der Waals surface area contributed by atoms with Crippen LogP contribution >= 0.6 is 11.6 Å². The van der Waals surface area contributed by atoms with E-state index in [4.69, 9.17) is 16.3 Å². The lowest BCUT2D eigenvalue weighted by Crippen LogP contribution is -2.31. The van der Waals surface area contributed by atoms with Gasteiger partial charge in [-0.15, -0.1) is 0 Å². The van der Waals surface area contributed by atoms with Gasteiger partial charge in [-0.1, -0.05) is 0 Å². The molecule has 0 aliphatic carbocycles. The molecule has 0 unspecified atom stereocenters. The predicted molar refractivity (Wildman–Crippen MR) is 80.7 cm³/mol. The first-order chi connectivity index (χ1) is 10.3. The van der Waals surface area contributed by atoms with Crippen molar-refractivity contribution in [3.63, 3.8) is 0 Å². The number of halogens is 1. The Hall–Kier alpha value is -1.95. The van der Waals surface area contributed by atoms with Gasteiger partial charge in [0.05, 0.1) is 7.11 Å². The molecule has 1 fully saturated rings. The molecular weight excluding hydrogens is 290 g/mol. The third-order valence-corrected chi connectivity index (χ3v) is 3.61. The van der Waals surface area contributed by atoms with Gasteiger partial charge in [0.1, 0.15) is 11.4 Å². The van der Waals surface area contributed by atoms with Crippen LogP contribution in [0.25, 0.3) is 11.5 Å². The van der Waals surface area contributed by atoms with E-state index in [0.717, 1.165) is 25.9 Å². The molecule has 0 amide bonds. The minimum atomic E-state index is 0.174. The van der Waals surface area contributed by atoms with Gasteiger partial charge in [-0.2, -0.15) is 15.0 Å². The van der Waals surface area contributed by atoms with Crippen LogP contribution in [-0.2, 0) is 0 Å². The zero-order valence-corrected chi connectivity index (χ0v) is 12.5. The lowest BCUT2D eigenvalue weighted by Gasteiger charge is -2.26. The van der Waals surface area contributed by atoms with Crippen LogP contribution in [0.1, 0.15) is 19.3 Å². The molecule has 6 nitrogen and oxygen atoms in total. The van der Waals surface area contributed by atoms with E-state index in [1.165, 1.54) is 6.42 Å². The fraction of sp³-hybridized carbons (Fsp3) is 0.429. The Kier molecular flexibility index (Phi) is 4.15. The third-order valence-electron chi connectivity index (χ3n) is 3.44. The topological polar surface area (TPSA) is 64.0 Å². The predicted octanol–water partition coefficient (Wildman–Crippen LogP) is 2.59. The normalized spacial score (nSPS) is 15.0. The SMILES string of the molecule is COc1cccnc1-c1nc(Cl)nc(N2CCCCC2)n1. The lowest BCUT2D eigenvalue weighted by molar-refractivity contribution is 0.414. The maximum atomic E-state index is 6.06. The third kappa shape index (κ3) is 3.05. The molecule has 1 saturated heterocycles. The Morgan fingerprint density at radius 3 is 2.71 bits per heavy atom. The van der Waals surface area contributed by atoms with Gasteiger partial charge in [0.15, 0.2) is 5.82 Å². The van der Waals surface area contributed by atoms with Gasteiger partial charge in [0, 0.05) is 19.3 Å². The van der Waals surface area contributed by atoms with Gasteiger partial charge >= 0.3 is 0 Å². The highest BCUT2D eigenvalue weighted by Gasteiger charge is 2.18. The summed E-state index contributed by atoms with van der Waals surface area (Å²) < 4.78 is 5.31. The number of anilines is 1. The molecular formula is C14H16ClN5O. The summed E-state index contributed by atoms with van der Waals surface area (Å²) in [5.41, 5.74) is 0.572. The molecule has 0 atom stereocenters. The van der Waals surface area contributed by atoms with Crippen molar-refractivity contribution in [2.24, 2.45) is 0 Å². The van der Waals surface area contributed by atoms with Crippen LogP contribution in [0.5, 0.6) is 5.75 Å². The van der Waals surface area contributed by atoms with Crippen molar-refractivity contribution >= 4 is 17.5 Å². The van der Waals surface area contributed by atoms with Gasteiger partial charge in [-0.25, -0.2) is 4.98 Å². The first kappa shape index (κ1) is 14.0. The Balaban J connectivity index is 2.01. The molecule has 1 aliphatic rings. The molecule has 0 N–H and O–H groups in total. The molecule has 2 aromatic heterocycles. The van der Waals surface area contributed by atoms with Gasteiger partial charge in [-0.05, 0) is 43.0 Å². The van der Waals surface area contributed by atoms with Crippen LogP contribution < -0.4 is 9.64 Å². The highest BCUT2D eigenvalue weighted by atomic mass is 35.5. The number of ether oxygens (including phenoxy) is 1. The van der Waals surface area contributed by atoms with Crippen molar-refractivity contribution in [2.75, 3.05) is 25.1 Å². The monoisotopic (exact) mass is 305 g/mol. The second-order valence-electron chi connectivity index (χ2n) is 4.83. The standard InChI is InChI=1S/C14H16ClN5O/c1-21-10-6-5-7-16-11(10)12-17-13(15)19-14(18-12)20-8-3-2-4-9-20/h5-7H,2-4,8-9H2,1H3. The average Bonchev–Trinajstić information content (AvgIpc) is 2.55. The van der Waals surface area contributed by atoms with Crippen LogP contribution in [0.2, 0.25) is 5.28 Å². The van der Waals surface area contributed by atoms with E-state index < -0.39 is 0 Å². The Bertz CT molecular complexity index is 631. The maximum Gasteiger partial charge on any atom is 0.230 e. The molecule has 0 bridgehead atoms. The van der Waals surface area contributed by atoms with E-state index in [2.05, 4.69) is 24.8 Å². The quantitative estimate of drug-likeness (QED) is 0.868. The molecule has 3 heterocycles. The Morgan fingerprint density at radius 2 is 1.95 bits per heavy atom. The smallest absolute Gasteiger partial charge is 0.230 e. The largest absolute Gasteiger partial charge is 0.494 e. The van der Waals surface area contributed by atoms with Crippen molar-refractivity contribution < 1.29 is 4.74 Å². The minimum absolute atomic E-state index is 0.174. The molecule has 110 valence electrons. The summed E-state index contributed by atoms with van der Waals surface area (Å²) in [6, 6.07) is 3.62. The summed E-state index contributed by atoms with van der Waals surface area (Å²) in [4.78, 5) is 19.4. The first-order valence-electron chi connectivity index (χ1n) is 6.94. The number of rotatable bonds is 3. The highest BCUT2D eigenvalue weighted by molar-refractivity contribution is 6.28. The molecule has 0 aromatic carbocycles. The molecule has 21 heavy (non-hydrogen) atoms. The number of piperidine rings is 1. The second-order valence-corrected chi connectivity index (χ2v) is 5.17. The van der Waals surface area contributed by atoms with Crippen LogP contribution in [0.15, 0.2) is 18.3 Å². The zero-order valence-electron chi connectivity index (χ0n) is 11.8. The fourth-order valence-electron chi connectivity index (χ4n) is 2.40.